The van der Waals surface area contributed by atoms with Gasteiger partial charge in [-0.15, -0.1) is 11.3 Å². The average Bonchev–Trinajstić information content (AvgIpc) is 3.06. The number of carboxylic acid groups (broad SMARTS) is 1. The maximum absolute atomic E-state index is 12.5. The summed E-state index contributed by atoms with van der Waals surface area (Å²) in [6.45, 7) is 0.109. The highest BCUT2D eigenvalue weighted by Gasteiger charge is 2.42. The second kappa shape index (κ2) is 5.46. The normalized spacial score (nSPS) is 19.9. The first-order chi connectivity index (χ1) is 9.39. The summed E-state index contributed by atoms with van der Waals surface area (Å²) >= 11 is 0.766. The van der Waals surface area contributed by atoms with Crippen molar-refractivity contribution in [2.75, 3.05) is 13.7 Å². The predicted molar refractivity (Wildman–Crippen MR) is 68.0 cm³/mol. The summed E-state index contributed by atoms with van der Waals surface area (Å²) in [6, 6.07) is -1.10. The average molecular weight is 320 g/mol. The van der Waals surface area contributed by atoms with Crippen LogP contribution in [0, 0.1) is 0 Å². The molecule has 2 rings (SSSR count). The van der Waals surface area contributed by atoms with Crippen LogP contribution < -0.4 is 0 Å². The van der Waals surface area contributed by atoms with Crippen molar-refractivity contribution in [3.8, 4) is 0 Å². The molecule has 0 amide bonds. The topological polar surface area (TPSA) is 114 Å². The van der Waals surface area contributed by atoms with E-state index >= 15 is 0 Å². The fourth-order valence-corrected chi connectivity index (χ4v) is 4.93. The molecule has 0 saturated carbocycles. The van der Waals surface area contributed by atoms with Crippen LogP contribution >= 0.6 is 11.3 Å². The molecule has 110 valence electrons. The number of ether oxygens (including phenoxy) is 1. The number of aromatic nitrogens is 1. The van der Waals surface area contributed by atoms with E-state index in [4.69, 9.17) is 5.11 Å². The van der Waals surface area contributed by atoms with E-state index < -0.39 is 28.0 Å². The van der Waals surface area contributed by atoms with Crippen molar-refractivity contribution in [1.29, 1.82) is 0 Å². The maximum Gasteiger partial charge on any atom is 0.358 e. The Labute approximate surface area is 119 Å². The molecule has 10 heteroatoms. The van der Waals surface area contributed by atoms with E-state index in [1.165, 1.54) is 5.51 Å². The Kier molecular flexibility index (Phi) is 4.06. The van der Waals surface area contributed by atoms with Gasteiger partial charge in [0, 0.05) is 6.54 Å². The number of carbonyl (C=O) groups excluding carboxylic acids is 1. The Bertz CT molecular complexity index is 638. The summed E-state index contributed by atoms with van der Waals surface area (Å²) in [5.41, 5.74) is 0.902. The Hall–Kier alpha value is -1.52. The lowest BCUT2D eigenvalue weighted by atomic mass is 10.2. The summed E-state index contributed by atoms with van der Waals surface area (Å²) in [5, 5.41) is 9.06. The lowest BCUT2D eigenvalue weighted by molar-refractivity contribution is -0.140. The molecule has 8 nitrogen and oxygen atoms in total. The van der Waals surface area contributed by atoms with Crippen molar-refractivity contribution in [3.05, 3.63) is 11.2 Å². The highest BCUT2D eigenvalue weighted by atomic mass is 32.2. The van der Waals surface area contributed by atoms with Crippen LogP contribution in [0.1, 0.15) is 23.3 Å². The zero-order chi connectivity index (χ0) is 14.9. The van der Waals surface area contributed by atoms with E-state index in [1.807, 2.05) is 0 Å². The predicted octanol–water partition coefficient (Wildman–Crippen LogP) is 0.167. The van der Waals surface area contributed by atoms with Gasteiger partial charge in [-0.05, 0) is 12.8 Å². The lowest BCUT2D eigenvalue weighted by Gasteiger charge is -2.20. The van der Waals surface area contributed by atoms with Crippen LogP contribution in [0.25, 0.3) is 0 Å². The number of nitrogens with zero attached hydrogens (tertiary/aromatic N) is 2. The van der Waals surface area contributed by atoms with Gasteiger partial charge in [-0.3, -0.25) is 4.79 Å². The van der Waals surface area contributed by atoms with Gasteiger partial charge < -0.3 is 9.84 Å². The van der Waals surface area contributed by atoms with Crippen LogP contribution in [0.2, 0.25) is 0 Å². The number of hydrogen-bond acceptors (Lipinski definition) is 7. The molecule has 1 saturated heterocycles. The van der Waals surface area contributed by atoms with Crippen molar-refractivity contribution in [1.82, 2.24) is 9.29 Å². The third-order valence-electron chi connectivity index (χ3n) is 2.95. The Morgan fingerprint density at radius 2 is 2.25 bits per heavy atom. The lowest BCUT2D eigenvalue weighted by Crippen LogP contribution is -2.40. The Morgan fingerprint density at radius 1 is 1.55 bits per heavy atom. The third-order valence-corrected chi connectivity index (χ3v) is 6.20. The van der Waals surface area contributed by atoms with Gasteiger partial charge in [0.15, 0.2) is 9.90 Å². The number of carboxylic acids is 1. The largest absolute Gasteiger partial charge is 0.480 e. The molecule has 1 atom stereocenters. The maximum atomic E-state index is 12.5. The molecular weight excluding hydrogens is 308 g/mol. The van der Waals surface area contributed by atoms with Crippen LogP contribution in [0.5, 0.6) is 0 Å². The highest BCUT2D eigenvalue weighted by Crippen LogP contribution is 2.30. The molecule has 1 aliphatic rings. The van der Waals surface area contributed by atoms with E-state index in [-0.39, 0.29) is 22.9 Å². The quantitative estimate of drug-likeness (QED) is 0.786. The van der Waals surface area contributed by atoms with Crippen molar-refractivity contribution >= 4 is 33.3 Å². The third kappa shape index (κ3) is 2.41. The van der Waals surface area contributed by atoms with Gasteiger partial charge in [-0.2, -0.15) is 4.31 Å². The number of esters is 1. The molecule has 1 aliphatic heterocycles. The first-order valence-corrected chi connectivity index (χ1v) is 7.98. The van der Waals surface area contributed by atoms with Gasteiger partial charge in [0.05, 0.1) is 12.6 Å². The number of methoxy groups -OCH3 is 1. The van der Waals surface area contributed by atoms with E-state index in [9.17, 15) is 18.0 Å². The molecular formula is C10H12N2O6S2. The molecule has 1 fully saturated rings. The van der Waals surface area contributed by atoms with Crippen molar-refractivity contribution in [2.24, 2.45) is 0 Å². The minimum Gasteiger partial charge on any atom is -0.480 e. The Morgan fingerprint density at radius 3 is 2.85 bits per heavy atom. The summed E-state index contributed by atoms with van der Waals surface area (Å²) < 4.78 is 30.0. The first-order valence-electron chi connectivity index (χ1n) is 5.66. The molecule has 0 aliphatic carbocycles. The first kappa shape index (κ1) is 14.9. The summed E-state index contributed by atoms with van der Waals surface area (Å²) in [7, 11) is -2.95. The Balaban J connectivity index is 2.43. The molecule has 1 aromatic heterocycles. The van der Waals surface area contributed by atoms with Gasteiger partial charge >= 0.3 is 11.9 Å². The molecule has 0 bridgehead atoms. The molecule has 0 unspecified atom stereocenters. The summed E-state index contributed by atoms with van der Waals surface area (Å²) in [4.78, 5) is 26.3. The molecule has 0 aromatic carbocycles. The smallest absolute Gasteiger partial charge is 0.358 e. The SMILES string of the molecule is COC(=O)c1ncsc1S(=O)(=O)N1CCC[C@@H]1C(=O)O. The van der Waals surface area contributed by atoms with Crippen LogP contribution in [-0.2, 0) is 19.6 Å². The van der Waals surface area contributed by atoms with Crippen LogP contribution in [0.3, 0.4) is 0 Å². The molecule has 2 heterocycles. The minimum absolute atomic E-state index is 0.109. The van der Waals surface area contributed by atoms with Gasteiger partial charge in [0.2, 0.25) is 0 Å². The minimum atomic E-state index is -4.07. The van der Waals surface area contributed by atoms with Gasteiger partial charge in [0.1, 0.15) is 6.04 Å². The van der Waals surface area contributed by atoms with Crippen molar-refractivity contribution in [2.45, 2.75) is 23.1 Å². The zero-order valence-corrected chi connectivity index (χ0v) is 12.1. The second-order valence-corrected chi connectivity index (χ2v) is 7.03. The standard InChI is InChI=1S/C10H12N2O6S2/c1-18-9(15)7-10(19-5-11-7)20(16,17)12-4-2-3-6(12)8(13)14/h5-6H,2-4H2,1H3,(H,13,14)/t6-/m1/s1. The number of thiazole rings is 1. The van der Waals surface area contributed by atoms with Gasteiger partial charge in [0.25, 0.3) is 10.0 Å². The molecule has 1 aromatic rings. The summed E-state index contributed by atoms with van der Waals surface area (Å²) in [5.74, 6) is -2.06. The monoisotopic (exact) mass is 320 g/mol. The molecule has 0 spiro atoms. The fraction of sp³-hybridized carbons (Fsp3) is 0.500. The van der Waals surface area contributed by atoms with Crippen LogP contribution in [0.4, 0.5) is 0 Å². The molecule has 20 heavy (non-hydrogen) atoms. The van der Waals surface area contributed by atoms with Crippen LogP contribution in [0.15, 0.2) is 9.72 Å². The number of carbonyl (C=O) groups is 2. The van der Waals surface area contributed by atoms with Crippen LogP contribution in [-0.4, -0.2) is 54.4 Å². The highest BCUT2D eigenvalue weighted by molar-refractivity contribution is 7.91. The van der Waals surface area contributed by atoms with E-state index in [0.29, 0.717) is 6.42 Å². The van der Waals surface area contributed by atoms with Gasteiger partial charge in [-0.1, -0.05) is 0 Å². The number of rotatable bonds is 4. The summed E-state index contributed by atoms with van der Waals surface area (Å²) in [6.07, 6.45) is 0.712. The van der Waals surface area contributed by atoms with Crippen molar-refractivity contribution < 1.29 is 27.9 Å². The zero-order valence-electron chi connectivity index (χ0n) is 10.5. The fourth-order valence-electron chi connectivity index (χ4n) is 2.03. The van der Waals surface area contributed by atoms with E-state index in [2.05, 4.69) is 9.72 Å². The van der Waals surface area contributed by atoms with E-state index in [1.54, 1.807) is 0 Å². The van der Waals surface area contributed by atoms with Gasteiger partial charge in [-0.25, -0.2) is 18.2 Å². The molecule has 0 radical (unpaired) electrons. The number of aliphatic carboxylic acids is 1. The number of hydrogen-bond donors (Lipinski definition) is 1. The second-order valence-electron chi connectivity index (χ2n) is 4.09. The van der Waals surface area contributed by atoms with E-state index in [0.717, 1.165) is 22.8 Å². The number of sulfonamides is 1. The van der Waals surface area contributed by atoms with Crippen molar-refractivity contribution in [3.63, 3.8) is 0 Å². The molecule has 1 N–H and O–H groups in total.